The zero-order chi connectivity index (χ0) is 14.5. The first-order valence-electron chi connectivity index (χ1n) is 7.37. The maximum atomic E-state index is 12.5. The van der Waals surface area contributed by atoms with E-state index < -0.39 is 0 Å². The molecule has 1 aromatic rings. The van der Waals surface area contributed by atoms with Crippen LogP contribution in [0.4, 0.5) is 0 Å². The summed E-state index contributed by atoms with van der Waals surface area (Å²) in [4.78, 5) is 14.4. The van der Waals surface area contributed by atoms with E-state index in [1.165, 1.54) is 6.42 Å². The number of hydrogen-bond acceptors (Lipinski definition) is 3. The van der Waals surface area contributed by atoms with Gasteiger partial charge in [0.1, 0.15) is 5.75 Å². The molecule has 2 rings (SSSR count). The number of aromatic hydroxyl groups is 1. The van der Waals surface area contributed by atoms with Gasteiger partial charge in [0.2, 0.25) is 5.91 Å². The Kier molecular flexibility index (Phi) is 5.01. The average molecular weight is 276 g/mol. The summed E-state index contributed by atoms with van der Waals surface area (Å²) < 4.78 is 0. The van der Waals surface area contributed by atoms with Crippen molar-refractivity contribution in [3.63, 3.8) is 0 Å². The number of nitrogens with one attached hydrogen (secondary N) is 1. The molecule has 0 aliphatic carbocycles. The highest BCUT2D eigenvalue weighted by Gasteiger charge is 2.23. The summed E-state index contributed by atoms with van der Waals surface area (Å²) in [5.41, 5.74) is 0.861. The van der Waals surface area contributed by atoms with Crippen LogP contribution in [0.5, 0.6) is 5.75 Å². The van der Waals surface area contributed by atoms with Crippen LogP contribution in [0.15, 0.2) is 24.3 Å². The molecule has 0 saturated carbocycles. The Morgan fingerprint density at radius 1 is 1.50 bits per heavy atom. The van der Waals surface area contributed by atoms with E-state index >= 15 is 0 Å². The van der Waals surface area contributed by atoms with Crippen molar-refractivity contribution in [2.75, 3.05) is 13.1 Å². The van der Waals surface area contributed by atoms with Gasteiger partial charge in [0, 0.05) is 18.6 Å². The number of nitrogens with zero attached hydrogens (tertiary/aromatic N) is 1. The van der Waals surface area contributed by atoms with Gasteiger partial charge in [-0.1, -0.05) is 12.1 Å². The Balaban J connectivity index is 1.99. The van der Waals surface area contributed by atoms with E-state index in [2.05, 4.69) is 19.2 Å². The molecule has 1 amide bonds. The smallest absolute Gasteiger partial charge is 0.227 e. The normalized spacial score (nSPS) is 18.4. The number of phenols is 1. The molecule has 1 atom stereocenters. The lowest BCUT2D eigenvalue weighted by atomic mass is 10.1. The van der Waals surface area contributed by atoms with E-state index in [0.717, 1.165) is 25.1 Å². The van der Waals surface area contributed by atoms with Gasteiger partial charge in [-0.25, -0.2) is 0 Å². The molecule has 2 N–H and O–H groups in total. The van der Waals surface area contributed by atoms with Gasteiger partial charge in [-0.15, -0.1) is 0 Å². The molecule has 110 valence electrons. The van der Waals surface area contributed by atoms with Crippen molar-refractivity contribution in [1.29, 1.82) is 0 Å². The third kappa shape index (κ3) is 3.97. The summed E-state index contributed by atoms with van der Waals surface area (Å²) in [6.45, 7) is 5.93. The fourth-order valence-corrected chi connectivity index (χ4v) is 2.69. The van der Waals surface area contributed by atoms with Crippen LogP contribution in [0.1, 0.15) is 32.3 Å². The summed E-state index contributed by atoms with van der Waals surface area (Å²) in [5.74, 6) is 0.336. The third-order valence-corrected chi connectivity index (χ3v) is 3.79. The molecule has 1 heterocycles. The number of benzene rings is 1. The molecule has 1 saturated heterocycles. The van der Waals surface area contributed by atoms with Crippen molar-refractivity contribution >= 4 is 5.91 Å². The largest absolute Gasteiger partial charge is 0.508 e. The highest BCUT2D eigenvalue weighted by Crippen LogP contribution is 2.15. The number of hydrogen-bond donors (Lipinski definition) is 2. The minimum Gasteiger partial charge on any atom is -0.508 e. The molecule has 1 aliphatic rings. The van der Waals surface area contributed by atoms with Crippen LogP contribution in [0.2, 0.25) is 0 Å². The maximum absolute atomic E-state index is 12.5. The third-order valence-electron chi connectivity index (χ3n) is 3.79. The second kappa shape index (κ2) is 6.75. The molecule has 1 fully saturated rings. The van der Waals surface area contributed by atoms with Crippen LogP contribution < -0.4 is 5.32 Å². The molecule has 1 unspecified atom stereocenters. The highest BCUT2D eigenvalue weighted by atomic mass is 16.3. The van der Waals surface area contributed by atoms with E-state index in [9.17, 15) is 9.90 Å². The van der Waals surface area contributed by atoms with Gasteiger partial charge in [0.05, 0.1) is 6.42 Å². The summed E-state index contributed by atoms with van der Waals surface area (Å²) >= 11 is 0. The molecule has 1 aromatic carbocycles. The van der Waals surface area contributed by atoms with Crippen molar-refractivity contribution in [3.8, 4) is 5.75 Å². The van der Waals surface area contributed by atoms with Gasteiger partial charge in [-0.05, 0) is 50.9 Å². The van der Waals surface area contributed by atoms with Crippen LogP contribution in [0.3, 0.4) is 0 Å². The summed E-state index contributed by atoms with van der Waals surface area (Å²) in [6.07, 6.45) is 2.68. The van der Waals surface area contributed by atoms with E-state index in [1.54, 1.807) is 18.2 Å². The van der Waals surface area contributed by atoms with Crippen molar-refractivity contribution in [2.45, 2.75) is 45.2 Å². The SMILES string of the molecule is CC(C)N(CC1CCCN1)C(=O)Cc1cccc(O)c1. The van der Waals surface area contributed by atoms with E-state index in [4.69, 9.17) is 0 Å². The fraction of sp³-hybridized carbons (Fsp3) is 0.562. The fourth-order valence-electron chi connectivity index (χ4n) is 2.69. The Morgan fingerprint density at radius 3 is 2.90 bits per heavy atom. The number of phenolic OH excluding ortho intramolecular Hbond substituents is 1. The predicted octanol–water partition coefficient (Wildman–Crippen LogP) is 1.92. The molecule has 20 heavy (non-hydrogen) atoms. The Hall–Kier alpha value is -1.55. The first kappa shape index (κ1) is 14.9. The van der Waals surface area contributed by atoms with Gasteiger partial charge in [0.15, 0.2) is 0 Å². The number of carbonyl (C=O) groups excluding carboxylic acids is 1. The molecule has 1 aliphatic heterocycles. The Labute approximate surface area is 120 Å². The number of rotatable bonds is 5. The first-order valence-corrected chi connectivity index (χ1v) is 7.37. The zero-order valence-corrected chi connectivity index (χ0v) is 12.3. The van der Waals surface area contributed by atoms with Crippen LogP contribution in [-0.2, 0) is 11.2 Å². The maximum Gasteiger partial charge on any atom is 0.227 e. The van der Waals surface area contributed by atoms with Crippen LogP contribution in [0.25, 0.3) is 0 Å². The van der Waals surface area contributed by atoms with Crippen molar-refractivity contribution in [2.24, 2.45) is 0 Å². The Morgan fingerprint density at radius 2 is 2.30 bits per heavy atom. The van der Waals surface area contributed by atoms with Gasteiger partial charge < -0.3 is 15.3 Å². The van der Waals surface area contributed by atoms with Gasteiger partial charge in [-0.2, -0.15) is 0 Å². The lowest BCUT2D eigenvalue weighted by molar-refractivity contribution is -0.132. The molecule has 0 spiro atoms. The van der Waals surface area contributed by atoms with E-state index in [-0.39, 0.29) is 17.7 Å². The summed E-state index contributed by atoms with van der Waals surface area (Å²) in [6, 6.07) is 7.55. The first-order chi connectivity index (χ1) is 9.56. The molecule has 4 nitrogen and oxygen atoms in total. The van der Waals surface area contributed by atoms with Crippen LogP contribution in [0, 0.1) is 0 Å². The standard InChI is InChI=1S/C16H24N2O2/c1-12(2)18(11-14-6-4-8-17-14)16(20)10-13-5-3-7-15(19)9-13/h3,5,7,9,12,14,17,19H,4,6,8,10-11H2,1-2H3. The van der Waals surface area contributed by atoms with E-state index in [1.807, 2.05) is 11.0 Å². The molecule has 0 radical (unpaired) electrons. The second-order valence-corrected chi connectivity index (χ2v) is 5.78. The lowest BCUT2D eigenvalue weighted by Gasteiger charge is -2.29. The van der Waals surface area contributed by atoms with E-state index in [0.29, 0.717) is 12.5 Å². The number of carbonyl (C=O) groups is 1. The van der Waals surface area contributed by atoms with Gasteiger partial charge in [-0.3, -0.25) is 4.79 Å². The Bertz CT molecular complexity index is 454. The zero-order valence-electron chi connectivity index (χ0n) is 12.3. The van der Waals surface area contributed by atoms with Gasteiger partial charge >= 0.3 is 0 Å². The second-order valence-electron chi connectivity index (χ2n) is 5.78. The highest BCUT2D eigenvalue weighted by molar-refractivity contribution is 5.79. The minimum atomic E-state index is 0.124. The van der Waals surface area contributed by atoms with Crippen molar-refractivity contribution in [1.82, 2.24) is 10.2 Å². The topological polar surface area (TPSA) is 52.6 Å². The summed E-state index contributed by atoms with van der Waals surface area (Å²) in [5, 5.41) is 12.9. The minimum absolute atomic E-state index is 0.124. The van der Waals surface area contributed by atoms with Crippen molar-refractivity contribution < 1.29 is 9.90 Å². The van der Waals surface area contributed by atoms with Crippen LogP contribution >= 0.6 is 0 Å². The quantitative estimate of drug-likeness (QED) is 0.864. The van der Waals surface area contributed by atoms with Crippen LogP contribution in [-0.4, -0.2) is 41.1 Å². The number of amides is 1. The van der Waals surface area contributed by atoms with Gasteiger partial charge in [0.25, 0.3) is 0 Å². The lowest BCUT2D eigenvalue weighted by Crippen LogP contribution is -2.45. The molecule has 0 bridgehead atoms. The average Bonchev–Trinajstić information content (AvgIpc) is 2.88. The molecule has 0 aromatic heterocycles. The van der Waals surface area contributed by atoms with Crippen molar-refractivity contribution in [3.05, 3.63) is 29.8 Å². The molecule has 4 heteroatoms. The molecular weight excluding hydrogens is 252 g/mol. The molecular formula is C16H24N2O2. The monoisotopic (exact) mass is 276 g/mol. The predicted molar refractivity (Wildman–Crippen MR) is 79.7 cm³/mol. The summed E-state index contributed by atoms with van der Waals surface area (Å²) in [7, 11) is 0.